The Kier molecular flexibility index (Phi) is 9.92. The molecule has 0 spiro atoms. The van der Waals surface area contributed by atoms with Crippen molar-refractivity contribution in [1.82, 2.24) is 20.5 Å². The van der Waals surface area contributed by atoms with E-state index in [-0.39, 0.29) is 29.4 Å². The highest BCUT2D eigenvalue weighted by Crippen LogP contribution is 2.22. The second-order valence-corrected chi connectivity index (χ2v) is 7.87. The second-order valence-electron chi connectivity index (χ2n) is 7.87. The maximum atomic E-state index is 5.81. The van der Waals surface area contributed by atoms with Crippen molar-refractivity contribution >= 4 is 29.9 Å². The predicted octanol–water partition coefficient (Wildman–Crippen LogP) is 3.52. The van der Waals surface area contributed by atoms with Crippen molar-refractivity contribution in [2.75, 3.05) is 26.2 Å². The summed E-state index contributed by atoms with van der Waals surface area (Å²) in [7, 11) is 0. The molecule has 1 saturated heterocycles. The van der Waals surface area contributed by atoms with Crippen LogP contribution >= 0.6 is 24.0 Å². The molecule has 2 N–H and O–H groups in total. The Morgan fingerprint density at radius 2 is 2.12 bits per heavy atom. The molecular weight excluding hydrogens is 441 g/mol. The van der Waals surface area contributed by atoms with Gasteiger partial charge in [0.15, 0.2) is 5.96 Å². The zero-order valence-corrected chi connectivity index (χ0v) is 19.3. The van der Waals surface area contributed by atoms with Crippen molar-refractivity contribution in [1.29, 1.82) is 0 Å². The number of nitrogens with one attached hydrogen (secondary N) is 2. The molecule has 1 aliphatic rings. The average Bonchev–Trinajstić information content (AvgIpc) is 3.03. The normalized spacial score (nSPS) is 19.1. The largest absolute Gasteiger partial charge is 0.443 e. The molecule has 1 aromatic rings. The number of guanidine groups is 1. The average molecular weight is 477 g/mol. The van der Waals surface area contributed by atoms with Gasteiger partial charge < -0.3 is 15.1 Å². The number of piperidine rings is 1. The SMILES string of the molecule is CCNC(=NCc1ncc(C(C)(C)C)o1)NCCN1CCCCC1C.I. The Bertz CT molecular complexity index is 552. The summed E-state index contributed by atoms with van der Waals surface area (Å²) in [5.41, 5.74) is -0.0250. The van der Waals surface area contributed by atoms with E-state index >= 15 is 0 Å². The van der Waals surface area contributed by atoms with Crippen molar-refractivity contribution in [3.05, 3.63) is 17.8 Å². The van der Waals surface area contributed by atoms with E-state index in [1.807, 2.05) is 6.20 Å². The third-order valence-electron chi connectivity index (χ3n) is 4.64. The number of hydrogen-bond donors (Lipinski definition) is 2. The molecule has 2 rings (SSSR count). The number of aliphatic imine (C=N–C) groups is 1. The van der Waals surface area contributed by atoms with Gasteiger partial charge in [0.05, 0.1) is 6.20 Å². The molecule has 0 amide bonds. The van der Waals surface area contributed by atoms with Gasteiger partial charge in [-0.25, -0.2) is 9.98 Å². The summed E-state index contributed by atoms with van der Waals surface area (Å²) in [5, 5.41) is 6.71. The molecule has 0 radical (unpaired) electrons. The molecule has 26 heavy (non-hydrogen) atoms. The van der Waals surface area contributed by atoms with E-state index in [9.17, 15) is 0 Å². The van der Waals surface area contributed by atoms with Crippen molar-refractivity contribution < 1.29 is 4.42 Å². The summed E-state index contributed by atoms with van der Waals surface area (Å²) in [5.74, 6) is 2.38. The first kappa shape index (κ1) is 23.2. The number of oxazole rings is 1. The number of likely N-dealkylation sites (tertiary alicyclic amines) is 1. The quantitative estimate of drug-likeness (QED) is 0.373. The van der Waals surface area contributed by atoms with Gasteiger partial charge in [0, 0.05) is 31.1 Å². The van der Waals surface area contributed by atoms with Gasteiger partial charge in [0.25, 0.3) is 0 Å². The smallest absolute Gasteiger partial charge is 0.216 e. The first-order chi connectivity index (χ1) is 11.9. The van der Waals surface area contributed by atoms with Crippen LogP contribution in [-0.2, 0) is 12.0 Å². The van der Waals surface area contributed by atoms with E-state index in [2.05, 4.69) is 60.1 Å². The minimum atomic E-state index is -0.0250. The van der Waals surface area contributed by atoms with Crippen LogP contribution in [0.2, 0.25) is 0 Å². The number of aromatic nitrogens is 1. The predicted molar refractivity (Wildman–Crippen MR) is 118 cm³/mol. The van der Waals surface area contributed by atoms with E-state index in [1.54, 1.807) is 0 Å². The van der Waals surface area contributed by atoms with Crippen LogP contribution in [0.1, 0.15) is 65.5 Å². The number of nitrogens with zero attached hydrogens (tertiary/aromatic N) is 3. The van der Waals surface area contributed by atoms with Gasteiger partial charge in [-0.05, 0) is 33.2 Å². The molecule has 2 heterocycles. The Hall–Kier alpha value is -0.830. The molecule has 0 aromatic carbocycles. The third-order valence-corrected chi connectivity index (χ3v) is 4.64. The molecule has 0 aliphatic carbocycles. The second kappa shape index (κ2) is 11.1. The lowest BCUT2D eigenvalue weighted by atomic mass is 9.94. The van der Waals surface area contributed by atoms with Gasteiger partial charge in [-0.2, -0.15) is 0 Å². The van der Waals surface area contributed by atoms with Crippen molar-refractivity contribution in [3.8, 4) is 0 Å². The number of halogens is 1. The molecule has 1 unspecified atom stereocenters. The monoisotopic (exact) mass is 477 g/mol. The molecule has 150 valence electrons. The fourth-order valence-corrected chi connectivity index (χ4v) is 3.03. The molecule has 1 fully saturated rings. The van der Waals surface area contributed by atoms with Crippen molar-refractivity contribution in [2.24, 2.45) is 4.99 Å². The lowest BCUT2D eigenvalue weighted by molar-refractivity contribution is 0.163. The van der Waals surface area contributed by atoms with E-state index in [1.165, 1.54) is 25.8 Å². The highest BCUT2D eigenvalue weighted by Gasteiger charge is 2.19. The van der Waals surface area contributed by atoms with Crippen LogP contribution in [0.5, 0.6) is 0 Å². The summed E-state index contributed by atoms with van der Waals surface area (Å²) >= 11 is 0. The molecule has 0 saturated carbocycles. The van der Waals surface area contributed by atoms with Crippen LogP contribution in [0, 0.1) is 0 Å². The summed E-state index contributed by atoms with van der Waals surface area (Å²) in [6, 6.07) is 0.693. The maximum absolute atomic E-state index is 5.81. The lowest BCUT2D eigenvalue weighted by Crippen LogP contribution is -2.45. The Morgan fingerprint density at radius 3 is 2.73 bits per heavy atom. The van der Waals surface area contributed by atoms with Gasteiger partial charge in [-0.1, -0.05) is 27.2 Å². The Balaban J connectivity index is 0.00000338. The van der Waals surface area contributed by atoms with Gasteiger partial charge in [-0.15, -0.1) is 24.0 Å². The summed E-state index contributed by atoms with van der Waals surface area (Å²) in [4.78, 5) is 11.5. The lowest BCUT2D eigenvalue weighted by Gasteiger charge is -2.33. The van der Waals surface area contributed by atoms with Gasteiger partial charge in [-0.3, -0.25) is 4.90 Å². The maximum Gasteiger partial charge on any atom is 0.216 e. The fraction of sp³-hybridized carbons (Fsp3) is 0.789. The molecule has 1 atom stereocenters. The molecule has 0 bridgehead atoms. The first-order valence-electron chi connectivity index (χ1n) is 9.61. The van der Waals surface area contributed by atoms with Gasteiger partial charge in [0.1, 0.15) is 12.3 Å². The topological polar surface area (TPSA) is 65.7 Å². The van der Waals surface area contributed by atoms with E-state index < -0.39 is 0 Å². The van der Waals surface area contributed by atoms with E-state index in [4.69, 9.17) is 4.42 Å². The van der Waals surface area contributed by atoms with Crippen molar-refractivity contribution in [3.63, 3.8) is 0 Å². The molecule has 1 aliphatic heterocycles. The van der Waals surface area contributed by atoms with Gasteiger partial charge in [0.2, 0.25) is 5.89 Å². The van der Waals surface area contributed by atoms with Crippen molar-refractivity contribution in [2.45, 2.75) is 71.9 Å². The van der Waals surface area contributed by atoms with Crippen LogP contribution in [-0.4, -0.2) is 48.1 Å². The zero-order chi connectivity index (χ0) is 18.3. The first-order valence-corrected chi connectivity index (χ1v) is 9.61. The third kappa shape index (κ3) is 7.42. The molecule has 6 nitrogen and oxygen atoms in total. The minimum Gasteiger partial charge on any atom is -0.443 e. The molecular formula is C19H36IN5O. The van der Waals surface area contributed by atoms with Crippen LogP contribution in [0.25, 0.3) is 0 Å². The van der Waals surface area contributed by atoms with Crippen LogP contribution in [0.3, 0.4) is 0 Å². The zero-order valence-electron chi connectivity index (χ0n) is 17.0. The fourth-order valence-electron chi connectivity index (χ4n) is 3.03. The summed E-state index contributed by atoms with van der Waals surface area (Å²) < 4.78 is 5.81. The highest BCUT2D eigenvalue weighted by atomic mass is 127. The van der Waals surface area contributed by atoms with Crippen LogP contribution in [0.15, 0.2) is 15.6 Å². The van der Waals surface area contributed by atoms with E-state index in [0.29, 0.717) is 18.5 Å². The van der Waals surface area contributed by atoms with E-state index in [0.717, 1.165) is 31.4 Å². The van der Waals surface area contributed by atoms with Crippen LogP contribution in [0.4, 0.5) is 0 Å². The Labute approximate surface area is 175 Å². The Morgan fingerprint density at radius 1 is 1.35 bits per heavy atom. The van der Waals surface area contributed by atoms with Crippen LogP contribution < -0.4 is 10.6 Å². The van der Waals surface area contributed by atoms with Gasteiger partial charge >= 0.3 is 0 Å². The molecule has 1 aromatic heterocycles. The standard InChI is InChI=1S/C19H35N5O.HI/c1-6-20-18(21-10-12-24-11-8-7-9-15(24)2)23-14-17-22-13-16(25-17)19(3,4)5;/h13,15H,6-12,14H2,1-5H3,(H2,20,21,23);1H. The number of rotatable bonds is 6. The number of hydrogen-bond acceptors (Lipinski definition) is 4. The molecule has 7 heteroatoms. The minimum absolute atomic E-state index is 0. The highest BCUT2D eigenvalue weighted by molar-refractivity contribution is 14.0. The summed E-state index contributed by atoms with van der Waals surface area (Å²) in [6.45, 7) is 15.2. The summed E-state index contributed by atoms with van der Waals surface area (Å²) in [6.07, 6.45) is 5.80.